The van der Waals surface area contributed by atoms with E-state index in [2.05, 4.69) is 43.5 Å². The molecule has 2 atom stereocenters. The van der Waals surface area contributed by atoms with Gasteiger partial charge in [0.05, 0.1) is 19.3 Å². The van der Waals surface area contributed by atoms with Crippen molar-refractivity contribution in [2.24, 2.45) is 0 Å². The Balaban J connectivity index is 1.42. The topological polar surface area (TPSA) is 177 Å². The molecule has 1 fully saturated rings. The van der Waals surface area contributed by atoms with E-state index in [1.807, 2.05) is 24.3 Å². The van der Waals surface area contributed by atoms with Crippen molar-refractivity contribution in [3.8, 4) is 6.07 Å². The first-order valence-electron chi connectivity index (χ1n) is 14.4. The SMILES string of the molecule is C/C=C(/Cn1cc(CNC(=O)/C(C#N)=C(\C)c2ccc3cc(N4CCCCC4)ccc3c2)nn1)[C@@H](O)/C(O)=C(/O)[C@H](O)OC. The van der Waals surface area contributed by atoms with Crippen molar-refractivity contribution in [2.45, 2.75) is 58.6 Å². The third-order valence-corrected chi connectivity index (χ3v) is 7.75. The number of ether oxygens (including phenoxy) is 1. The Hall–Kier alpha value is -4.70. The number of carbonyl (C=O) groups is 1. The quantitative estimate of drug-likeness (QED) is 0.0716. The van der Waals surface area contributed by atoms with Crippen molar-refractivity contribution in [3.63, 3.8) is 0 Å². The highest BCUT2D eigenvalue weighted by molar-refractivity contribution is 6.05. The Kier molecular flexibility index (Phi) is 10.7. The molecule has 1 aliphatic heterocycles. The first-order valence-corrected chi connectivity index (χ1v) is 14.4. The van der Waals surface area contributed by atoms with E-state index in [9.17, 15) is 30.5 Å². The van der Waals surface area contributed by atoms with Gasteiger partial charge in [0.15, 0.2) is 11.5 Å². The van der Waals surface area contributed by atoms with Crippen molar-refractivity contribution in [1.29, 1.82) is 5.26 Å². The van der Waals surface area contributed by atoms with Gasteiger partial charge in [-0.25, -0.2) is 4.68 Å². The summed E-state index contributed by atoms with van der Waals surface area (Å²) in [6.45, 7) is 5.48. The van der Waals surface area contributed by atoms with E-state index in [1.54, 1.807) is 13.8 Å². The second-order valence-electron chi connectivity index (χ2n) is 10.6. The summed E-state index contributed by atoms with van der Waals surface area (Å²) in [5.74, 6) is -2.32. The van der Waals surface area contributed by atoms with Gasteiger partial charge in [0, 0.05) is 25.9 Å². The summed E-state index contributed by atoms with van der Waals surface area (Å²) in [5.41, 5.74) is 3.17. The van der Waals surface area contributed by atoms with Crippen LogP contribution in [0.15, 0.2) is 71.3 Å². The number of aromatic nitrogens is 3. The van der Waals surface area contributed by atoms with Gasteiger partial charge >= 0.3 is 0 Å². The number of carbonyl (C=O) groups excluding carboxylic acids is 1. The fourth-order valence-corrected chi connectivity index (χ4v) is 5.10. The maximum atomic E-state index is 13.0. The Morgan fingerprint density at radius 3 is 2.50 bits per heavy atom. The van der Waals surface area contributed by atoms with Crippen LogP contribution in [0.3, 0.4) is 0 Å². The highest BCUT2D eigenvalue weighted by Gasteiger charge is 2.24. The number of nitriles is 1. The fourth-order valence-electron chi connectivity index (χ4n) is 5.10. The number of nitrogens with zero attached hydrogens (tertiary/aromatic N) is 5. The molecule has 1 saturated heterocycles. The summed E-state index contributed by atoms with van der Waals surface area (Å²) in [4.78, 5) is 15.4. The lowest BCUT2D eigenvalue weighted by atomic mass is 9.98. The second kappa shape index (κ2) is 14.7. The van der Waals surface area contributed by atoms with Gasteiger partial charge in [-0.3, -0.25) is 4.79 Å². The van der Waals surface area contributed by atoms with E-state index < -0.39 is 29.8 Å². The van der Waals surface area contributed by atoms with Crippen LogP contribution < -0.4 is 10.2 Å². The average molecular weight is 603 g/mol. The zero-order chi connectivity index (χ0) is 31.8. The molecule has 0 spiro atoms. The Bertz CT molecular complexity index is 1630. The molecule has 2 heterocycles. The largest absolute Gasteiger partial charge is 0.506 e. The summed E-state index contributed by atoms with van der Waals surface area (Å²) in [5, 5.41) is 62.6. The van der Waals surface area contributed by atoms with Gasteiger partial charge < -0.3 is 35.4 Å². The minimum atomic E-state index is -1.79. The average Bonchev–Trinajstić information content (AvgIpc) is 3.52. The van der Waals surface area contributed by atoms with E-state index >= 15 is 0 Å². The fraction of sp³-hybridized carbons (Fsp3) is 0.375. The van der Waals surface area contributed by atoms with Crippen LogP contribution in [0, 0.1) is 11.3 Å². The molecule has 0 radical (unpaired) electrons. The number of rotatable bonds is 11. The van der Waals surface area contributed by atoms with Gasteiger partial charge in [-0.15, -0.1) is 5.10 Å². The van der Waals surface area contributed by atoms with E-state index in [-0.39, 0.29) is 24.2 Å². The molecule has 0 aliphatic carbocycles. The highest BCUT2D eigenvalue weighted by Crippen LogP contribution is 2.28. The van der Waals surface area contributed by atoms with Gasteiger partial charge in [0.25, 0.3) is 5.91 Å². The smallest absolute Gasteiger partial charge is 0.262 e. The van der Waals surface area contributed by atoms with E-state index in [1.165, 1.54) is 41.9 Å². The lowest BCUT2D eigenvalue weighted by molar-refractivity contribution is -0.117. The van der Waals surface area contributed by atoms with E-state index in [0.29, 0.717) is 11.3 Å². The summed E-state index contributed by atoms with van der Waals surface area (Å²) in [6.07, 6.45) is 3.31. The van der Waals surface area contributed by atoms with Crippen LogP contribution in [0.25, 0.3) is 16.3 Å². The number of benzene rings is 2. The van der Waals surface area contributed by atoms with Crippen LogP contribution in [0.4, 0.5) is 5.69 Å². The van der Waals surface area contributed by atoms with Crippen molar-refractivity contribution < 1.29 is 30.0 Å². The van der Waals surface area contributed by atoms with Crippen molar-refractivity contribution >= 4 is 27.9 Å². The van der Waals surface area contributed by atoms with Crippen LogP contribution in [0.1, 0.15) is 44.4 Å². The molecule has 0 unspecified atom stereocenters. The lowest BCUT2D eigenvalue weighted by Crippen LogP contribution is -2.29. The van der Waals surface area contributed by atoms with Crippen molar-refractivity contribution in [2.75, 3.05) is 25.1 Å². The summed E-state index contributed by atoms with van der Waals surface area (Å²) < 4.78 is 5.91. The summed E-state index contributed by atoms with van der Waals surface area (Å²) >= 11 is 0. The predicted molar refractivity (Wildman–Crippen MR) is 165 cm³/mol. The van der Waals surface area contributed by atoms with Gasteiger partial charge in [-0.1, -0.05) is 29.5 Å². The van der Waals surface area contributed by atoms with E-state index in [0.717, 1.165) is 36.5 Å². The Morgan fingerprint density at radius 2 is 1.82 bits per heavy atom. The van der Waals surface area contributed by atoms with Crippen LogP contribution >= 0.6 is 0 Å². The molecule has 3 aromatic rings. The van der Waals surface area contributed by atoms with Gasteiger partial charge in [0.2, 0.25) is 6.29 Å². The maximum Gasteiger partial charge on any atom is 0.262 e. The number of hydrogen-bond donors (Lipinski definition) is 5. The zero-order valence-corrected chi connectivity index (χ0v) is 25.1. The zero-order valence-electron chi connectivity index (χ0n) is 25.1. The third-order valence-electron chi connectivity index (χ3n) is 7.75. The predicted octanol–water partition coefficient (Wildman–Crippen LogP) is 3.63. The third kappa shape index (κ3) is 7.44. The molecule has 5 N–H and O–H groups in total. The number of allylic oxidation sites excluding steroid dienone is 2. The van der Waals surface area contributed by atoms with E-state index in [4.69, 9.17) is 0 Å². The number of fused-ring (bicyclic) bond motifs is 1. The molecule has 232 valence electrons. The van der Waals surface area contributed by atoms with Gasteiger partial charge in [0.1, 0.15) is 23.4 Å². The van der Waals surface area contributed by atoms with Crippen LogP contribution in [0.5, 0.6) is 0 Å². The minimum absolute atomic E-state index is 0.00596. The number of amides is 1. The maximum absolute atomic E-state index is 13.0. The monoisotopic (exact) mass is 602 g/mol. The number of aliphatic hydroxyl groups is 4. The first kappa shape index (κ1) is 32.2. The Labute approximate surface area is 255 Å². The molecule has 1 aliphatic rings. The molecule has 12 nitrogen and oxygen atoms in total. The lowest BCUT2D eigenvalue weighted by Gasteiger charge is -2.29. The van der Waals surface area contributed by atoms with Gasteiger partial charge in [-0.05, 0) is 78.8 Å². The van der Waals surface area contributed by atoms with Crippen molar-refractivity contribution in [3.05, 3.63) is 82.6 Å². The number of nitrogens with one attached hydrogen (secondary N) is 1. The normalized spacial score (nSPS) is 16.5. The molecule has 1 amide bonds. The molecule has 12 heteroatoms. The molecule has 44 heavy (non-hydrogen) atoms. The molecule has 4 rings (SSSR count). The molecule has 0 saturated carbocycles. The molecular weight excluding hydrogens is 564 g/mol. The van der Waals surface area contributed by atoms with Crippen LogP contribution in [0.2, 0.25) is 0 Å². The summed E-state index contributed by atoms with van der Waals surface area (Å²) in [6, 6.07) is 14.3. The number of anilines is 1. The molecule has 2 aromatic carbocycles. The molecular formula is C32H38N6O6. The Morgan fingerprint density at radius 1 is 1.11 bits per heavy atom. The summed E-state index contributed by atoms with van der Waals surface area (Å²) in [7, 11) is 1.12. The highest BCUT2D eigenvalue weighted by atomic mass is 16.6. The minimum Gasteiger partial charge on any atom is -0.506 e. The first-order chi connectivity index (χ1) is 21.2. The van der Waals surface area contributed by atoms with Crippen LogP contribution in [-0.2, 0) is 22.6 Å². The standard InChI is InChI=1S/C32H38N6O6/c1-4-21(28(39)29(40)30(41)32(43)44-3)18-38-19-25(35-36-38)17-34-31(42)27(16-33)20(2)22-8-9-24-15-26(11-10-23(24)14-22)37-12-6-5-7-13-37/h4,8-11,14-15,19,28,32,39-41,43H,5-7,12-13,17-18H2,1-3H3,(H,34,42)/b21-4-,27-20+,30-29-/t28-,32-/m1/s1. The number of hydrogen-bond acceptors (Lipinski definition) is 10. The molecule has 1 aromatic heterocycles. The van der Waals surface area contributed by atoms with Crippen molar-refractivity contribution in [1.82, 2.24) is 20.3 Å². The number of piperidine rings is 1. The second-order valence-corrected chi connectivity index (χ2v) is 10.6. The van der Waals surface area contributed by atoms with Gasteiger partial charge in [-0.2, -0.15) is 5.26 Å². The van der Waals surface area contributed by atoms with Crippen LogP contribution in [-0.4, -0.2) is 73.9 Å². The number of aliphatic hydroxyl groups excluding tert-OH is 4. The number of methoxy groups -OCH3 is 1. The molecule has 0 bridgehead atoms.